The molecule has 1 aromatic heterocycles. The third-order valence-corrected chi connectivity index (χ3v) is 3.57. The van der Waals surface area contributed by atoms with Gasteiger partial charge in [-0.15, -0.1) is 0 Å². The Hall–Kier alpha value is -1.69. The van der Waals surface area contributed by atoms with Gasteiger partial charge in [0, 0.05) is 18.7 Å². The predicted octanol–water partition coefficient (Wildman–Crippen LogP) is 4.15. The second-order valence-electron chi connectivity index (χ2n) is 4.48. The van der Waals surface area contributed by atoms with Crippen molar-refractivity contribution < 1.29 is 13.2 Å². The first-order valence-corrected chi connectivity index (χ1v) is 6.98. The molecule has 0 aliphatic rings. The van der Waals surface area contributed by atoms with E-state index < -0.39 is 17.5 Å². The smallest absolute Gasteiger partial charge is 0.182 e. The van der Waals surface area contributed by atoms with E-state index in [0.29, 0.717) is 29.7 Å². The number of nitrogens with one attached hydrogen (secondary N) is 1. The average Bonchev–Trinajstić information content (AvgIpc) is 2.77. The molecule has 0 amide bonds. The normalized spacial score (nSPS) is 11.0. The number of benzene rings is 1. The molecule has 0 atom stereocenters. The van der Waals surface area contributed by atoms with Crippen LogP contribution in [0.4, 0.5) is 18.9 Å². The summed E-state index contributed by atoms with van der Waals surface area (Å²) >= 11 is 6.21. The van der Waals surface area contributed by atoms with E-state index >= 15 is 0 Å². The van der Waals surface area contributed by atoms with Crippen molar-refractivity contribution in [1.82, 2.24) is 9.78 Å². The third-order valence-electron chi connectivity index (χ3n) is 3.13. The van der Waals surface area contributed by atoms with Crippen LogP contribution in [0.5, 0.6) is 0 Å². The molecular weight excluding hydrogens is 303 g/mol. The number of hydrogen-bond acceptors (Lipinski definition) is 2. The molecule has 7 heteroatoms. The molecule has 1 heterocycles. The van der Waals surface area contributed by atoms with Gasteiger partial charge in [-0.05, 0) is 13.3 Å². The van der Waals surface area contributed by atoms with E-state index in [4.69, 9.17) is 11.6 Å². The highest BCUT2D eigenvalue weighted by Gasteiger charge is 2.16. The van der Waals surface area contributed by atoms with Gasteiger partial charge in [0.1, 0.15) is 5.82 Å². The van der Waals surface area contributed by atoms with Crippen molar-refractivity contribution in [3.05, 3.63) is 46.0 Å². The molecule has 0 aliphatic heterocycles. The first kappa shape index (κ1) is 15.7. The zero-order chi connectivity index (χ0) is 15.6. The highest BCUT2D eigenvalue weighted by molar-refractivity contribution is 6.31. The average molecular weight is 318 g/mol. The van der Waals surface area contributed by atoms with Gasteiger partial charge in [-0.3, -0.25) is 4.68 Å². The highest BCUT2D eigenvalue weighted by Crippen LogP contribution is 2.24. The van der Waals surface area contributed by atoms with Gasteiger partial charge in [0.25, 0.3) is 0 Å². The first-order valence-electron chi connectivity index (χ1n) is 6.60. The third kappa shape index (κ3) is 3.15. The number of aromatic nitrogens is 2. The van der Waals surface area contributed by atoms with Gasteiger partial charge in [0.05, 0.1) is 28.6 Å². The fraction of sp³-hybridized carbons (Fsp3) is 0.357. The molecule has 0 aliphatic carbocycles. The Morgan fingerprint density at radius 1 is 1.24 bits per heavy atom. The van der Waals surface area contributed by atoms with Crippen LogP contribution in [0.25, 0.3) is 0 Å². The second-order valence-corrected chi connectivity index (χ2v) is 4.86. The van der Waals surface area contributed by atoms with Crippen LogP contribution in [-0.2, 0) is 19.5 Å². The molecule has 3 nitrogen and oxygen atoms in total. The van der Waals surface area contributed by atoms with E-state index in [1.54, 1.807) is 4.68 Å². The number of halogens is 4. The van der Waals surface area contributed by atoms with Gasteiger partial charge in [-0.2, -0.15) is 5.10 Å². The molecule has 2 rings (SSSR count). The van der Waals surface area contributed by atoms with E-state index in [1.165, 1.54) is 0 Å². The molecular formula is C14H15ClF3N3. The molecule has 0 saturated carbocycles. The van der Waals surface area contributed by atoms with E-state index in [9.17, 15) is 13.2 Å². The zero-order valence-electron chi connectivity index (χ0n) is 11.7. The monoisotopic (exact) mass is 317 g/mol. The van der Waals surface area contributed by atoms with E-state index in [-0.39, 0.29) is 12.2 Å². The summed E-state index contributed by atoms with van der Waals surface area (Å²) in [7, 11) is 0. The number of nitrogens with zero attached hydrogens (tertiary/aromatic N) is 2. The summed E-state index contributed by atoms with van der Waals surface area (Å²) in [5.41, 5.74) is 1.15. The Morgan fingerprint density at radius 2 is 1.95 bits per heavy atom. The number of anilines is 1. The lowest BCUT2D eigenvalue weighted by Gasteiger charge is -2.10. The van der Waals surface area contributed by atoms with Crippen LogP contribution in [0, 0.1) is 17.5 Å². The Bertz CT molecular complexity index is 655. The molecule has 0 bridgehead atoms. The lowest BCUT2D eigenvalue weighted by atomic mass is 10.2. The minimum Gasteiger partial charge on any atom is -0.377 e. The minimum atomic E-state index is -1.23. The Kier molecular flexibility index (Phi) is 4.77. The molecule has 0 saturated heterocycles. The van der Waals surface area contributed by atoms with Crippen molar-refractivity contribution in [2.45, 2.75) is 33.4 Å². The van der Waals surface area contributed by atoms with Gasteiger partial charge in [0.2, 0.25) is 0 Å². The van der Waals surface area contributed by atoms with Crippen LogP contribution in [0.15, 0.2) is 12.1 Å². The quantitative estimate of drug-likeness (QED) is 0.840. The van der Waals surface area contributed by atoms with Crippen LogP contribution in [0.3, 0.4) is 0 Å². The number of rotatable bonds is 5. The molecule has 114 valence electrons. The number of aryl methyl sites for hydroxylation is 2. The summed E-state index contributed by atoms with van der Waals surface area (Å²) in [4.78, 5) is 0. The maximum Gasteiger partial charge on any atom is 0.182 e. The summed E-state index contributed by atoms with van der Waals surface area (Å²) in [6, 6.07) is 1.40. The van der Waals surface area contributed by atoms with Crippen LogP contribution >= 0.6 is 11.6 Å². The molecule has 0 radical (unpaired) electrons. The van der Waals surface area contributed by atoms with Crippen molar-refractivity contribution in [2.75, 3.05) is 5.32 Å². The summed E-state index contributed by atoms with van der Waals surface area (Å²) in [6.07, 6.45) is 0.668. The topological polar surface area (TPSA) is 29.9 Å². The first-order chi connectivity index (χ1) is 9.97. The zero-order valence-corrected chi connectivity index (χ0v) is 12.4. The molecule has 0 fully saturated rings. The Balaban J connectivity index is 2.26. The predicted molar refractivity (Wildman–Crippen MR) is 75.9 cm³/mol. The fourth-order valence-electron chi connectivity index (χ4n) is 2.05. The molecule has 0 unspecified atom stereocenters. The maximum atomic E-state index is 13.6. The summed E-state index contributed by atoms with van der Waals surface area (Å²) in [5, 5.41) is 7.47. The van der Waals surface area contributed by atoms with E-state index in [2.05, 4.69) is 10.4 Å². The van der Waals surface area contributed by atoms with Crippen molar-refractivity contribution >= 4 is 17.3 Å². The van der Waals surface area contributed by atoms with Gasteiger partial charge < -0.3 is 5.32 Å². The SMILES string of the molecule is CCc1nn(CC)c(CNc2cc(F)cc(F)c2F)c1Cl. The van der Waals surface area contributed by atoms with E-state index in [0.717, 1.165) is 11.8 Å². The van der Waals surface area contributed by atoms with Gasteiger partial charge in [0.15, 0.2) is 11.6 Å². The standard InChI is InChI=1S/C14H15ClF3N3/c1-3-10-13(15)12(21(4-2)20-10)7-19-11-6-8(16)5-9(17)14(11)18/h5-6,19H,3-4,7H2,1-2H3. The van der Waals surface area contributed by atoms with E-state index in [1.807, 2.05) is 13.8 Å². The van der Waals surface area contributed by atoms with Crippen LogP contribution in [0.1, 0.15) is 25.2 Å². The van der Waals surface area contributed by atoms with Gasteiger partial charge in [-0.1, -0.05) is 18.5 Å². The van der Waals surface area contributed by atoms with Crippen LogP contribution < -0.4 is 5.32 Å². The lowest BCUT2D eigenvalue weighted by molar-refractivity contribution is 0.497. The number of hydrogen-bond donors (Lipinski definition) is 1. The molecule has 21 heavy (non-hydrogen) atoms. The summed E-state index contributed by atoms with van der Waals surface area (Å²) in [6.45, 7) is 4.54. The summed E-state index contributed by atoms with van der Waals surface area (Å²) in [5.74, 6) is -3.20. The maximum absolute atomic E-state index is 13.6. The van der Waals surface area contributed by atoms with Crippen LogP contribution in [0.2, 0.25) is 5.02 Å². The van der Waals surface area contributed by atoms with Crippen LogP contribution in [-0.4, -0.2) is 9.78 Å². The fourth-order valence-corrected chi connectivity index (χ4v) is 2.39. The second kappa shape index (κ2) is 6.39. The molecule has 1 aromatic carbocycles. The summed E-state index contributed by atoms with van der Waals surface area (Å²) < 4.78 is 41.5. The largest absolute Gasteiger partial charge is 0.377 e. The lowest BCUT2D eigenvalue weighted by Crippen LogP contribution is -2.10. The highest BCUT2D eigenvalue weighted by atomic mass is 35.5. The Morgan fingerprint density at radius 3 is 2.57 bits per heavy atom. The van der Waals surface area contributed by atoms with Crippen molar-refractivity contribution in [3.63, 3.8) is 0 Å². The molecule has 0 spiro atoms. The minimum absolute atomic E-state index is 0.124. The van der Waals surface area contributed by atoms with Gasteiger partial charge >= 0.3 is 0 Å². The van der Waals surface area contributed by atoms with Crippen molar-refractivity contribution in [1.29, 1.82) is 0 Å². The molecule has 1 N–H and O–H groups in total. The molecule has 2 aromatic rings. The van der Waals surface area contributed by atoms with Gasteiger partial charge in [-0.25, -0.2) is 13.2 Å². The van der Waals surface area contributed by atoms with Crippen molar-refractivity contribution in [2.24, 2.45) is 0 Å². The Labute approximate surface area is 125 Å². The van der Waals surface area contributed by atoms with Crippen molar-refractivity contribution in [3.8, 4) is 0 Å².